The molecule has 2 aliphatic rings. The smallest absolute Gasteiger partial charge is 0.230 e. The highest BCUT2D eigenvalue weighted by Gasteiger charge is 2.42. The molecule has 0 aromatic heterocycles. The maximum atomic E-state index is 12.6. The number of aliphatic imine (C=N–C) groups is 1. The molecule has 1 saturated carbocycles. The molecule has 25 heavy (non-hydrogen) atoms. The third-order valence-corrected chi connectivity index (χ3v) is 5.42. The van der Waals surface area contributed by atoms with Crippen LogP contribution in [-0.4, -0.2) is 74.4 Å². The maximum Gasteiger partial charge on any atom is 0.230 e. The summed E-state index contributed by atoms with van der Waals surface area (Å²) < 4.78 is 0. The number of rotatable bonds is 5. The number of hydrogen-bond acceptors (Lipinski definition) is 3. The summed E-state index contributed by atoms with van der Waals surface area (Å²) in [7, 11) is 5.40. The fraction of sp³-hybridized carbons (Fsp3) is 0.833. The van der Waals surface area contributed by atoms with Crippen molar-refractivity contribution in [2.75, 3.05) is 40.8 Å². The summed E-state index contributed by atoms with van der Waals surface area (Å²) in [6.07, 6.45) is 5.53. The van der Waals surface area contributed by atoms with Gasteiger partial charge < -0.3 is 20.4 Å². The summed E-state index contributed by atoms with van der Waals surface area (Å²) in [6, 6.07) is 0.214. The van der Waals surface area contributed by atoms with E-state index in [4.69, 9.17) is 0 Å². The van der Waals surface area contributed by atoms with E-state index in [1.807, 2.05) is 25.9 Å². The molecule has 0 radical (unpaired) electrons. The average Bonchev–Trinajstić information content (AvgIpc) is 3.27. The van der Waals surface area contributed by atoms with Gasteiger partial charge in [0.25, 0.3) is 0 Å². The second-order valence-corrected chi connectivity index (χ2v) is 7.44. The highest BCUT2D eigenvalue weighted by atomic mass is 16.2. The molecule has 1 atom stereocenters. The first-order valence-corrected chi connectivity index (χ1v) is 9.38. The van der Waals surface area contributed by atoms with Gasteiger partial charge in [0.05, 0.1) is 5.41 Å². The molecule has 0 aromatic rings. The van der Waals surface area contributed by atoms with E-state index in [0.717, 1.165) is 45.2 Å². The van der Waals surface area contributed by atoms with Gasteiger partial charge in [0.15, 0.2) is 5.96 Å². The second kappa shape index (κ2) is 8.54. The summed E-state index contributed by atoms with van der Waals surface area (Å²) in [5.41, 5.74) is -0.318. The first-order valence-electron chi connectivity index (χ1n) is 9.38. The van der Waals surface area contributed by atoms with Gasteiger partial charge in [0.2, 0.25) is 11.8 Å². The van der Waals surface area contributed by atoms with Crippen molar-refractivity contribution in [3.63, 3.8) is 0 Å². The molecule has 1 saturated heterocycles. The summed E-state index contributed by atoms with van der Waals surface area (Å²) in [5, 5.41) is 6.76. The first-order chi connectivity index (χ1) is 11.9. The van der Waals surface area contributed by atoms with Gasteiger partial charge in [-0.15, -0.1) is 0 Å². The zero-order chi connectivity index (χ0) is 18.4. The molecule has 0 bridgehead atoms. The van der Waals surface area contributed by atoms with E-state index in [9.17, 15) is 9.59 Å². The predicted octanol–water partition coefficient (Wildman–Crippen LogP) is 0.811. The Labute approximate surface area is 151 Å². The Morgan fingerprint density at radius 2 is 1.96 bits per heavy atom. The third kappa shape index (κ3) is 4.64. The van der Waals surface area contributed by atoms with Crippen LogP contribution in [0.4, 0.5) is 0 Å². The topological polar surface area (TPSA) is 77.0 Å². The van der Waals surface area contributed by atoms with E-state index in [-0.39, 0.29) is 23.3 Å². The van der Waals surface area contributed by atoms with Crippen LogP contribution in [0.1, 0.15) is 45.4 Å². The van der Waals surface area contributed by atoms with E-state index in [0.29, 0.717) is 18.9 Å². The fourth-order valence-electron chi connectivity index (χ4n) is 3.96. The van der Waals surface area contributed by atoms with Crippen LogP contribution in [0, 0.1) is 5.41 Å². The van der Waals surface area contributed by atoms with Crippen LogP contribution in [0.15, 0.2) is 4.99 Å². The largest absolute Gasteiger partial charge is 0.355 e. The lowest BCUT2D eigenvalue weighted by atomic mass is 9.84. The molecular weight excluding hydrogens is 318 g/mol. The minimum Gasteiger partial charge on any atom is -0.355 e. The zero-order valence-corrected chi connectivity index (χ0v) is 16.1. The van der Waals surface area contributed by atoms with Crippen molar-refractivity contribution < 1.29 is 9.59 Å². The average molecular weight is 351 g/mol. The minimum atomic E-state index is -0.318. The Balaban J connectivity index is 1.90. The van der Waals surface area contributed by atoms with Gasteiger partial charge in [0, 0.05) is 53.2 Å². The lowest BCUT2D eigenvalue weighted by Crippen LogP contribution is -2.51. The zero-order valence-electron chi connectivity index (χ0n) is 16.1. The maximum absolute atomic E-state index is 12.6. The van der Waals surface area contributed by atoms with Gasteiger partial charge in [0.1, 0.15) is 0 Å². The Morgan fingerprint density at radius 1 is 1.28 bits per heavy atom. The van der Waals surface area contributed by atoms with Crippen LogP contribution in [0.2, 0.25) is 0 Å². The molecule has 1 aliphatic carbocycles. The molecule has 7 nitrogen and oxygen atoms in total. The van der Waals surface area contributed by atoms with Crippen LogP contribution >= 0.6 is 0 Å². The SMILES string of the molecule is CCC(=O)N1CCC(NC(=NC)NCC2(C(=O)N(C)C)CCCC2)C1. The van der Waals surface area contributed by atoms with Gasteiger partial charge in [-0.05, 0) is 19.3 Å². The van der Waals surface area contributed by atoms with E-state index in [1.54, 1.807) is 11.9 Å². The van der Waals surface area contributed by atoms with Crippen molar-refractivity contribution in [1.82, 2.24) is 20.4 Å². The number of amides is 2. The van der Waals surface area contributed by atoms with Crippen LogP contribution in [0.3, 0.4) is 0 Å². The van der Waals surface area contributed by atoms with Crippen LogP contribution < -0.4 is 10.6 Å². The number of nitrogens with zero attached hydrogens (tertiary/aromatic N) is 3. The number of hydrogen-bond donors (Lipinski definition) is 2. The molecule has 1 heterocycles. The fourth-order valence-corrected chi connectivity index (χ4v) is 3.96. The minimum absolute atomic E-state index is 0.202. The molecule has 2 rings (SSSR count). The van der Waals surface area contributed by atoms with Crippen LogP contribution in [-0.2, 0) is 9.59 Å². The van der Waals surface area contributed by atoms with Gasteiger partial charge >= 0.3 is 0 Å². The van der Waals surface area contributed by atoms with Gasteiger partial charge in [-0.1, -0.05) is 19.8 Å². The molecule has 2 amide bonds. The Morgan fingerprint density at radius 3 is 2.52 bits per heavy atom. The summed E-state index contributed by atoms with van der Waals surface area (Å²) in [6.45, 7) is 4.01. The number of carbonyl (C=O) groups excluding carboxylic acids is 2. The van der Waals surface area contributed by atoms with Gasteiger partial charge in [-0.25, -0.2) is 0 Å². The lowest BCUT2D eigenvalue weighted by Gasteiger charge is -2.31. The van der Waals surface area contributed by atoms with Gasteiger partial charge in [-0.3, -0.25) is 14.6 Å². The van der Waals surface area contributed by atoms with Gasteiger partial charge in [-0.2, -0.15) is 0 Å². The Hall–Kier alpha value is -1.79. The van der Waals surface area contributed by atoms with Crippen molar-refractivity contribution in [2.45, 2.75) is 51.5 Å². The van der Waals surface area contributed by atoms with Crippen molar-refractivity contribution in [3.8, 4) is 0 Å². The van der Waals surface area contributed by atoms with Crippen molar-refractivity contribution in [1.29, 1.82) is 0 Å². The highest BCUT2D eigenvalue weighted by molar-refractivity contribution is 5.85. The molecule has 0 spiro atoms. The standard InChI is InChI=1S/C18H33N5O2/c1-5-15(24)23-11-8-14(12-23)21-17(19-2)20-13-18(9-6-7-10-18)16(25)22(3)4/h14H,5-13H2,1-4H3,(H2,19,20,21). The Bertz CT molecular complexity index is 512. The number of carbonyl (C=O) groups is 2. The summed E-state index contributed by atoms with van der Waals surface area (Å²) >= 11 is 0. The quantitative estimate of drug-likeness (QED) is 0.568. The molecule has 2 fully saturated rings. The lowest BCUT2D eigenvalue weighted by molar-refractivity contribution is -0.138. The molecule has 142 valence electrons. The van der Waals surface area contributed by atoms with E-state index >= 15 is 0 Å². The first kappa shape index (κ1) is 19.5. The van der Waals surface area contributed by atoms with E-state index < -0.39 is 0 Å². The van der Waals surface area contributed by atoms with E-state index in [2.05, 4.69) is 15.6 Å². The predicted molar refractivity (Wildman–Crippen MR) is 99.4 cm³/mol. The molecule has 2 N–H and O–H groups in total. The molecule has 1 aliphatic heterocycles. The van der Waals surface area contributed by atoms with Crippen LogP contribution in [0.5, 0.6) is 0 Å². The van der Waals surface area contributed by atoms with E-state index in [1.165, 1.54) is 0 Å². The normalized spacial score (nSPS) is 22.8. The summed E-state index contributed by atoms with van der Waals surface area (Å²) in [5.74, 6) is 1.12. The molecule has 7 heteroatoms. The monoisotopic (exact) mass is 351 g/mol. The number of guanidine groups is 1. The van der Waals surface area contributed by atoms with Crippen LogP contribution in [0.25, 0.3) is 0 Å². The van der Waals surface area contributed by atoms with Crippen molar-refractivity contribution in [2.24, 2.45) is 10.4 Å². The second-order valence-electron chi connectivity index (χ2n) is 7.44. The highest BCUT2D eigenvalue weighted by Crippen LogP contribution is 2.38. The third-order valence-electron chi connectivity index (χ3n) is 5.42. The number of likely N-dealkylation sites (tertiary alicyclic amines) is 1. The van der Waals surface area contributed by atoms with Crippen molar-refractivity contribution in [3.05, 3.63) is 0 Å². The summed E-state index contributed by atoms with van der Waals surface area (Å²) in [4.78, 5) is 32.4. The molecule has 0 aromatic carbocycles. The Kier molecular flexibility index (Phi) is 6.67. The van der Waals surface area contributed by atoms with Crippen molar-refractivity contribution >= 4 is 17.8 Å². The molecular formula is C18H33N5O2. The number of nitrogens with one attached hydrogen (secondary N) is 2. The molecule has 1 unspecified atom stereocenters.